The highest BCUT2D eigenvalue weighted by molar-refractivity contribution is 8.08. The van der Waals surface area contributed by atoms with Crippen molar-refractivity contribution in [3.63, 3.8) is 0 Å². The number of thiazole rings is 2. The molecule has 1 atom stereocenters. The lowest BCUT2D eigenvalue weighted by molar-refractivity contribution is -0.642. The molecule has 2 aliphatic heterocycles. The van der Waals surface area contributed by atoms with Gasteiger partial charge in [-0.2, -0.15) is 4.57 Å². The van der Waals surface area contributed by atoms with Gasteiger partial charge in [-0.3, -0.25) is 9.36 Å². The summed E-state index contributed by atoms with van der Waals surface area (Å²) >= 11 is 5.02. The van der Waals surface area contributed by atoms with Crippen molar-refractivity contribution >= 4 is 71.6 Å². The van der Waals surface area contributed by atoms with Crippen LogP contribution >= 0.6 is 34.4 Å². The average molecular weight is 666 g/mol. The van der Waals surface area contributed by atoms with E-state index in [2.05, 4.69) is 59.0 Å². The van der Waals surface area contributed by atoms with Crippen LogP contribution in [0.15, 0.2) is 87.4 Å². The van der Waals surface area contributed by atoms with Gasteiger partial charge in [0.05, 0.1) is 29.3 Å². The molecule has 2 aliphatic rings. The molecule has 1 unspecified atom stereocenters. The maximum absolute atomic E-state index is 13.7. The summed E-state index contributed by atoms with van der Waals surface area (Å²) in [5, 5.41) is 2.14. The predicted molar refractivity (Wildman–Crippen MR) is 177 cm³/mol. The summed E-state index contributed by atoms with van der Waals surface area (Å²) < 4.78 is 44.2. The van der Waals surface area contributed by atoms with Crippen molar-refractivity contribution in [3.8, 4) is 0 Å². The lowest BCUT2D eigenvalue weighted by Crippen LogP contribution is -2.37. The summed E-state index contributed by atoms with van der Waals surface area (Å²) in [5.41, 5.74) is 3.36. The van der Waals surface area contributed by atoms with Gasteiger partial charge >= 0.3 is 0 Å². The van der Waals surface area contributed by atoms with E-state index in [0.29, 0.717) is 6.54 Å². The van der Waals surface area contributed by atoms with Gasteiger partial charge in [0.25, 0.3) is 10.6 Å². The van der Waals surface area contributed by atoms with E-state index in [1.165, 1.54) is 27.2 Å². The standard InChI is InChI=1S/C25H24N3O2S3.C7H8O3S/c1-26-17-9-3-5-11-19(17)31-21(26)14-22-28(15-16-8-7-13-30-16)24(29)23(33-22)25-27(2)18-10-4-6-12-20(18)32-25;1-6-2-4-7(5-3-6)11(8,9)10/h3-6,9-12,14,16H,7-8,13,15H2,1-2H3;2-5H,1H3,(H,8,9,10)/q+1;/p-1. The van der Waals surface area contributed by atoms with Gasteiger partial charge in [-0.05, 0) is 50.1 Å². The fourth-order valence-electron chi connectivity index (χ4n) is 5.19. The number of hydrogen-bond donors (Lipinski definition) is 0. The molecule has 0 bridgehead atoms. The largest absolute Gasteiger partial charge is 0.744 e. The van der Waals surface area contributed by atoms with Gasteiger partial charge in [0.1, 0.15) is 36.1 Å². The molecule has 228 valence electrons. The van der Waals surface area contributed by atoms with Crippen LogP contribution in [0.3, 0.4) is 0 Å². The maximum Gasteiger partial charge on any atom is 0.271 e. The van der Waals surface area contributed by atoms with E-state index < -0.39 is 10.1 Å². The minimum atomic E-state index is -4.27. The van der Waals surface area contributed by atoms with E-state index in [1.54, 1.807) is 46.6 Å². The first-order valence-electron chi connectivity index (χ1n) is 14.1. The molecule has 0 radical (unpaired) electrons. The monoisotopic (exact) mass is 665 g/mol. The Kier molecular flexibility index (Phi) is 8.82. The van der Waals surface area contributed by atoms with Gasteiger partial charge in [0, 0.05) is 24.6 Å². The number of aromatic nitrogens is 2. The van der Waals surface area contributed by atoms with Crippen molar-refractivity contribution in [2.24, 2.45) is 7.05 Å². The normalized spacial score (nSPS) is 18.0. The summed E-state index contributed by atoms with van der Waals surface area (Å²) in [6.07, 6.45) is 4.34. The Morgan fingerprint density at radius 2 is 1.77 bits per heavy atom. The topological polar surface area (TPSA) is 95.6 Å². The summed E-state index contributed by atoms with van der Waals surface area (Å²) in [5.74, 6) is 0. The Balaban J connectivity index is 0.000000265. The van der Waals surface area contributed by atoms with Crippen molar-refractivity contribution in [3.05, 3.63) is 103 Å². The third-order valence-electron chi connectivity index (χ3n) is 7.58. The van der Waals surface area contributed by atoms with Crippen LogP contribution in [-0.2, 0) is 28.4 Å². The molecule has 7 rings (SSSR count). The third-order valence-corrected chi connectivity index (χ3v) is 12.1. The van der Waals surface area contributed by atoms with Crippen LogP contribution in [-0.4, -0.2) is 37.3 Å². The Hall–Kier alpha value is -3.26. The van der Waals surface area contributed by atoms with Crippen LogP contribution < -0.4 is 24.2 Å². The van der Waals surface area contributed by atoms with Gasteiger partial charge in [-0.1, -0.05) is 65.1 Å². The van der Waals surface area contributed by atoms with E-state index in [1.807, 2.05) is 30.7 Å². The average Bonchev–Trinajstić information content (AvgIpc) is 3.78. The molecular weight excluding hydrogens is 635 g/mol. The van der Waals surface area contributed by atoms with Crippen LogP contribution in [0.1, 0.15) is 23.4 Å². The Morgan fingerprint density at radius 1 is 1.05 bits per heavy atom. The first-order chi connectivity index (χ1) is 21.1. The SMILES string of the molecule is CN1C(=c2sc(=Cc3sc4ccccc4[n+]3C)n(CC3CCCO3)c2=O)Sc2ccccc21.Cc1ccc(S(=O)(=O)[O-])cc1. The lowest BCUT2D eigenvalue weighted by Gasteiger charge is -2.12. The van der Waals surface area contributed by atoms with Crippen LogP contribution in [0.5, 0.6) is 0 Å². The number of thioether (sulfide) groups is 1. The fourth-order valence-corrected chi connectivity index (χ4v) is 9.22. The first-order valence-corrected chi connectivity index (χ1v) is 17.9. The van der Waals surface area contributed by atoms with E-state index in [-0.39, 0.29) is 16.6 Å². The van der Waals surface area contributed by atoms with Crippen molar-refractivity contribution in [2.45, 2.75) is 42.2 Å². The number of para-hydroxylation sites is 2. The number of rotatable bonds is 4. The number of anilines is 1. The second kappa shape index (κ2) is 12.6. The highest BCUT2D eigenvalue weighted by Gasteiger charge is 2.26. The van der Waals surface area contributed by atoms with Crippen LogP contribution in [0.25, 0.3) is 21.3 Å². The third kappa shape index (κ3) is 6.28. The second-order valence-corrected chi connectivity index (χ2v) is 15.1. The Labute approximate surface area is 267 Å². The quantitative estimate of drug-likeness (QED) is 0.210. The number of ether oxygens (including phenoxy) is 1. The molecule has 5 aromatic rings. The lowest BCUT2D eigenvalue weighted by atomic mass is 10.2. The molecule has 2 aromatic heterocycles. The maximum atomic E-state index is 13.7. The summed E-state index contributed by atoms with van der Waals surface area (Å²) in [6.45, 7) is 3.21. The van der Waals surface area contributed by atoms with Crippen LogP contribution in [0.2, 0.25) is 0 Å². The molecule has 0 aliphatic carbocycles. The number of fused-ring (bicyclic) bond motifs is 2. The molecule has 1 fully saturated rings. The number of aryl methyl sites for hydroxylation is 2. The molecule has 0 amide bonds. The molecular formula is C32H31N3O5S4. The zero-order chi connectivity index (χ0) is 31.0. The van der Waals surface area contributed by atoms with Gasteiger partial charge in [0.15, 0.2) is 0 Å². The summed E-state index contributed by atoms with van der Waals surface area (Å²) in [4.78, 5) is 16.9. The van der Waals surface area contributed by atoms with Gasteiger partial charge in [0.2, 0.25) is 5.52 Å². The molecule has 44 heavy (non-hydrogen) atoms. The fraction of sp³-hybridized carbons (Fsp3) is 0.250. The van der Waals surface area contributed by atoms with Crippen molar-refractivity contribution < 1.29 is 22.3 Å². The predicted octanol–water partition coefficient (Wildman–Crippen LogP) is 4.16. The van der Waals surface area contributed by atoms with E-state index in [4.69, 9.17) is 4.74 Å². The Bertz CT molecular complexity index is 2130. The van der Waals surface area contributed by atoms with Gasteiger partial charge in [-0.25, -0.2) is 8.42 Å². The highest BCUT2D eigenvalue weighted by atomic mass is 32.2. The molecule has 1 saturated heterocycles. The van der Waals surface area contributed by atoms with E-state index in [0.717, 1.165) is 49.9 Å². The van der Waals surface area contributed by atoms with Gasteiger partial charge in [-0.15, -0.1) is 11.3 Å². The van der Waals surface area contributed by atoms with Crippen LogP contribution in [0.4, 0.5) is 5.69 Å². The smallest absolute Gasteiger partial charge is 0.271 e. The Morgan fingerprint density at radius 3 is 2.45 bits per heavy atom. The molecule has 0 spiro atoms. The minimum Gasteiger partial charge on any atom is -0.744 e. The van der Waals surface area contributed by atoms with Crippen molar-refractivity contribution in [2.75, 3.05) is 18.6 Å². The molecule has 3 aromatic carbocycles. The molecule has 0 saturated carbocycles. The highest BCUT2D eigenvalue weighted by Crippen LogP contribution is 2.44. The minimum absolute atomic E-state index is 0.0765. The number of benzene rings is 3. The van der Waals surface area contributed by atoms with E-state index in [9.17, 15) is 17.8 Å². The second-order valence-electron chi connectivity index (χ2n) is 10.6. The molecule has 4 heterocycles. The number of hydrogen-bond acceptors (Lipinski definition) is 9. The summed E-state index contributed by atoms with van der Waals surface area (Å²) in [7, 11) is -0.130. The van der Waals surface area contributed by atoms with Crippen LogP contribution in [0, 0.1) is 6.92 Å². The zero-order valence-electron chi connectivity index (χ0n) is 24.4. The summed E-state index contributed by atoms with van der Waals surface area (Å²) in [6, 6.07) is 22.5. The van der Waals surface area contributed by atoms with Gasteiger partial charge < -0.3 is 14.2 Å². The molecule has 8 nitrogen and oxygen atoms in total. The molecule has 12 heteroatoms. The van der Waals surface area contributed by atoms with Crippen molar-refractivity contribution in [1.82, 2.24) is 4.57 Å². The van der Waals surface area contributed by atoms with E-state index >= 15 is 0 Å². The molecule has 0 N–H and O–H groups in total. The van der Waals surface area contributed by atoms with Crippen molar-refractivity contribution in [1.29, 1.82) is 0 Å². The first kappa shape index (κ1) is 30.8. The number of nitrogens with zero attached hydrogens (tertiary/aromatic N) is 3. The zero-order valence-corrected chi connectivity index (χ0v) is 27.7.